The van der Waals surface area contributed by atoms with Gasteiger partial charge in [-0.25, -0.2) is 0 Å². The first-order chi connectivity index (χ1) is 8.86. The van der Waals surface area contributed by atoms with Crippen LogP contribution < -0.4 is 10.6 Å². The third-order valence-electron chi connectivity index (χ3n) is 4.00. The second-order valence-corrected chi connectivity index (χ2v) is 5.31. The summed E-state index contributed by atoms with van der Waals surface area (Å²) in [5.74, 6) is 0. The minimum absolute atomic E-state index is 0.526. The number of hydrogen-bond acceptors (Lipinski definition) is 2. The Labute approximate surface area is 111 Å². The zero-order valence-corrected chi connectivity index (χ0v) is 11.6. The van der Waals surface area contributed by atoms with Gasteiger partial charge in [-0.1, -0.05) is 44.4 Å². The summed E-state index contributed by atoms with van der Waals surface area (Å²) in [7, 11) is 0. The summed E-state index contributed by atoms with van der Waals surface area (Å²) in [5.41, 5.74) is 8.93. The SMILES string of the molecule is CCCCCC(CN)N1CCCc2ccccc21. The third kappa shape index (κ3) is 3.05. The van der Waals surface area contributed by atoms with E-state index >= 15 is 0 Å². The Balaban J connectivity index is 2.07. The van der Waals surface area contributed by atoms with Crippen molar-refractivity contribution in [2.24, 2.45) is 5.73 Å². The number of fused-ring (bicyclic) bond motifs is 1. The van der Waals surface area contributed by atoms with Gasteiger partial charge in [-0.3, -0.25) is 0 Å². The highest BCUT2D eigenvalue weighted by molar-refractivity contribution is 5.56. The van der Waals surface area contributed by atoms with Gasteiger partial charge in [0, 0.05) is 24.8 Å². The van der Waals surface area contributed by atoms with Crippen LogP contribution in [0.15, 0.2) is 24.3 Å². The molecule has 0 fully saturated rings. The number of aryl methyl sites for hydroxylation is 1. The number of unbranched alkanes of at least 4 members (excludes halogenated alkanes) is 2. The van der Waals surface area contributed by atoms with Gasteiger partial charge < -0.3 is 10.6 Å². The molecule has 0 bridgehead atoms. The molecular formula is C16H26N2. The average Bonchev–Trinajstić information content (AvgIpc) is 2.43. The van der Waals surface area contributed by atoms with Gasteiger partial charge in [0.1, 0.15) is 0 Å². The monoisotopic (exact) mass is 246 g/mol. The first-order valence-electron chi connectivity index (χ1n) is 7.41. The summed E-state index contributed by atoms with van der Waals surface area (Å²) in [6, 6.07) is 9.35. The summed E-state index contributed by atoms with van der Waals surface area (Å²) in [4.78, 5) is 2.55. The quantitative estimate of drug-likeness (QED) is 0.780. The van der Waals surface area contributed by atoms with E-state index in [1.165, 1.54) is 56.3 Å². The van der Waals surface area contributed by atoms with E-state index in [0.29, 0.717) is 6.04 Å². The Morgan fingerprint density at radius 1 is 1.28 bits per heavy atom. The minimum atomic E-state index is 0.526. The molecule has 2 rings (SSSR count). The van der Waals surface area contributed by atoms with Gasteiger partial charge in [-0.15, -0.1) is 0 Å². The van der Waals surface area contributed by atoms with Crippen molar-refractivity contribution < 1.29 is 0 Å². The van der Waals surface area contributed by atoms with E-state index in [2.05, 4.69) is 36.1 Å². The number of rotatable bonds is 6. The molecule has 0 aliphatic carbocycles. The van der Waals surface area contributed by atoms with E-state index < -0.39 is 0 Å². The first kappa shape index (κ1) is 13.4. The van der Waals surface area contributed by atoms with E-state index in [1.807, 2.05) is 0 Å². The maximum Gasteiger partial charge on any atom is 0.0412 e. The fraction of sp³-hybridized carbons (Fsp3) is 0.625. The van der Waals surface area contributed by atoms with E-state index in [1.54, 1.807) is 0 Å². The number of para-hydroxylation sites is 1. The molecule has 0 radical (unpaired) electrons. The van der Waals surface area contributed by atoms with Crippen LogP contribution in [0.4, 0.5) is 5.69 Å². The molecule has 1 aromatic rings. The largest absolute Gasteiger partial charge is 0.367 e. The smallest absolute Gasteiger partial charge is 0.0412 e. The minimum Gasteiger partial charge on any atom is -0.367 e. The summed E-state index contributed by atoms with van der Waals surface area (Å²) >= 11 is 0. The van der Waals surface area contributed by atoms with E-state index in [9.17, 15) is 0 Å². The number of benzene rings is 1. The number of nitrogens with zero attached hydrogens (tertiary/aromatic N) is 1. The third-order valence-corrected chi connectivity index (χ3v) is 4.00. The van der Waals surface area contributed by atoms with Crippen molar-refractivity contribution in [3.8, 4) is 0 Å². The van der Waals surface area contributed by atoms with Gasteiger partial charge in [0.25, 0.3) is 0 Å². The summed E-state index contributed by atoms with van der Waals surface area (Å²) < 4.78 is 0. The van der Waals surface area contributed by atoms with Crippen molar-refractivity contribution >= 4 is 5.69 Å². The Bertz CT molecular complexity index is 362. The van der Waals surface area contributed by atoms with Crippen LogP contribution in [-0.2, 0) is 6.42 Å². The van der Waals surface area contributed by atoms with Gasteiger partial charge in [0.05, 0.1) is 0 Å². The Morgan fingerprint density at radius 3 is 2.89 bits per heavy atom. The highest BCUT2D eigenvalue weighted by atomic mass is 15.2. The number of hydrogen-bond donors (Lipinski definition) is 1. The molecule has 0 amide bonds. The Hall–Kier alpha value is -1.02. The van der Waals surface area contributed by atoms with Crippen molar-refractivity contribution in [1.29, 1.82) is 0 Å². The average molecular weight is 246 g/mol. The van der Waals surface area contributed by atoms with Crippen LogP contribution in [0.1, 0.15) is 44.6 Å². The fourth-order valence-corrected chi connectivity index (χ4v) is 2.97. The molecule has 0 saturated heterocycles. The molecule has 0 saturated carbocycles. The first-order valence-corrected chi connectivity index (χ1v) is 7.41. The molecule has 1 aromatic carbocycles. The molecule has 1 aliphatic rings. The highest BCUT2D eigenvalue weighted by Crippen LogP contribution is 2.29. The van der Waals surface area contributed by atoms with Crippen LogP contribution in [0.3, 0.4) is 0 Å². The van der Waals surface area contributed by atoms with E-state index in [0.717, 1.165) is 6.54 Å². The van der Waals surface area contributed by atoms with Gasteiger partial charge in [-0.2, -0.15) is 0 Å². The van der Waals surface area contributed by atoms with Gasteiger partial charge in [0.15, 0.2) is 0 Å². The summed E-state index contributed by atoms with van der Waals surface area (Å²) in [6.45, 7) is 4.21. The molecular weight excluding hydrogens is 220 g/mol. The fourth-order valence-electron chi connectivity index (χ4n) is 2.97. The predicted octanol–water partition coefficient (Wildman–Crippen LogP) is 3.35. The lowest BCUT2D eigenvalue weighted by Crippen LogP contribution is -2.43. The van der Waals surface area contributed by atoms with Crippen LogP contribution in [0.5, 0.6) is 0 Å². The zero-order valence-electron chi connectivity index (χ0n) is 11.6. The van der Waals surface area contributed by atoms with Gasteiger partial charge in [0.2, 0.25) is 0 Å². The Kier molecular flexibility index (Phi) is 5.06. The van der Waals surface area contributed by atoms with Crippen molar-refractivity contribution in [2.45, 2.75) is 51.5 Å². The topological polar surface area (TPSA) is 29.3 Å². The molecule has 1 aliphatic heterocycles. The van der Waals surface area contributed by atoms with Crippen LogP contribution in [0.25, 0.3) is 0 Å². The number of nitrogens with two attached hydrogens (primary N) is 1. The second kappa shape index (κ2) is 6.79. The van der Waals surface area contributed by atoms with Crippen LogP contribution in [0, 0.1) is 0 Å². The van der Waals surface area contributed by atoms with Gasteiger partial charge >= 0.3 is 0 Å². The molecule has 18 heavy (non-hydrogen) atoms. The lowest BCUT2D eigenvalue weighted by Gasteiger charge is -2.37. The normalized spacial score (nSPS) is 16.4. The number of anilines is 1. The molecule has 1 atom stereocenters. The molecule has 1 unspecified atom stereocenters. The van der Waals surface area contributed by atoms with Crippen molar-refractivity contribution in [3.05, 3.63) is 29.8 Å². The predicted molar refractivity (Wildman–Crippen MR) is 79.1 cm³/mol. The van der Waals surface area contributed by atoms with Crippen LogP contribution >= 0.6 is 0 Å². The summed E-state index contributed by atoms with van der Waals surface area (Å²) in [5, 5.41) is 0. The van der Waals surface area contributed by atoms with E-state index in [-0.39, 0.29) is 0 Å². The molecule has 1 heterocycles. The lowest BCUT2D eigenvalue weighted by atomic mass is 9.98. The molecule has 0 aromatic heterocycles. The van der Waals surface area contributed by atoms with Crippen molar-refractivity contribution in [1.82, 2.24) is 0 Å². The second-order valence-electron chi connectivity index (χ2n) is 5.31. The standard InChI is InChI=1S/C16H26N2/c1-2-3-4-10-15(13-17)18-12-7-9-14-8-5-6-11-16(14)18/h5-6,8,11,15H,2-4,7,9-10,12-13,17H2,1H3. The van der Waals surface area contributed by atoms with Gasteiger partial charge in [-0.05, 0) is 30.9 Å². The molecule has 100 valence electrons. The zero-order chi connectivity index (χ0) is 12.8. The van der Waals surface area contributed by atoms with Crippen LogP contribution in [-0.4, -0.2) is 19.1 Å². The van der Waals surface area contributed by atoms with Crippen LogP contribution in [0.2, 0.25) is 0 Å². The maximum absolute atomic E-state index is 6.00. The Morgan fingerprint density at radius 2 is 2.11 bits per heavy atom. The van der Waals surface area contributed by atoms with Crippen molar-refractivity contribution in [3.63, 3.8) is 0 Å². The van der Waals surface area contributed by atoms with E-state index in [4.69, 9.17) is 5.73 Å². The summed E-state index contributed by atoms with van der Waals surface area (Å²) in [6.07, 6.45) is 7.63. The molecule has 0 spiro atoms. The van der Waals surface area contributed by atoms with Crippen molar-refractivity contribution in [2.75, 3.05) is 18.0 Å². The molecule has 2 heteroatoms. The highest BCUT2D eigenvalue weighted by Gasteiger charge is 2.22. The molecule has 2 nitrogen and oxygen atoms in total. The maximum atomic E-state index is 6.00. The molecule has 2 N–H and O–H groups in total. The lowest BCUT2D eigenvalue weighted by molar-refractivity contribution is 0.506.